The van der Waals surface area contributed by atoms with E-state index >= 15 is 0 Å². The molecule has 1 N–H and O–H groups in total. The minimum atomic E-state index is -0.693. The first-order valence-corrected chi connectivity index (χ1v) is 7.34. The number of rotatable bonds is 1. The van der Waals surface area contributed by atoms with Gasteiger partial charge >= 0.3 is 0 Å². The van der Waals surface area contributed by atoms with Crippen LogP contribution in [-0.4, -0.2) is 10.7 Å². The quantitative estimate of drug-likeness (QED) is 0.684. The highest BCUT2D eigenvalue weighted by molar-refractivity contribution is 5.33. The molecule has 110 valence electrons. The Labute approximate surface area is 121 Å². The normalized spacial score (nSPS) is 8.05. The topological polar surface area (TPSA) is 20.2 Å². The zero-order valence-corrected chi connectivity index (χ0v) is 14.0. The van der Waals surface area contributed by atoms with Gasteiger partial charge in [0.25, 0.3) is 0 Å². The summed E-state index contributed by atoms with van der Waals surface area (Å²) in [5, 5.41) is 9.39. The maximum atomic E-state index is 9.39. The van der Waals surface area contributed by atoms with Crippen LogP contribution in [0.3, 0.4) is 0 Å². The van der Waals surface area contributed by atoms with Crippen molar-refractivity contribution in [2.24, 2.45) is 0 Å². The average Bonchev–Trinajstić information content (AvgIpc) is 2.45. The van der Waals surface area contributed by atoms with E-state index in [1.54, 1.807) is 13.8 Å². The molecular weight excluding hydrogens is 232 g/mol. The van der Waals surface area contributed by atoms with E-state index in [0.29, 0.717) is 6.42 Å². The summed E-state index contributed by atoms with van der Waals surface area (Å²) in [7, 11) is 0. The van der Waals surface area contributed by atoms with Gasteiger partial charge in [0.1, 0.15) is 0 Å². The molecule has 1 rings (SSSR count). The van der Waals surface area contributed by atoms with Gasteiger partial charge in [-0.3, -0.25) is 0 Å². The highest BCUT2D eigenvalue weighted by atomic mass is 16.3. The van der Waals surface area contributed by atoms with Crippen LogP contribution in [0.15, 0.2) is 30.3 Å². The van der Waals surface area contributed by atoms with Gasteiger partial charge in [-0.2, -0.15) is 0 Å². The third kappa shape index (κ3) is 19.3. The first-order chi connectivity index (χ1) is 9.08. The van der Waals surface area contributed by atoms with E-state index in [0.717, 1.165) is 5.56 Å². The highest BCUT2D eigenvalue weighted by Crippen LogP contribution is 2.05. The van der Waals surface area contributed by atoms with E-state index in [-0.39, 0.29) is 0 Å². The fourth-order valence-electron chi connectivity index (χ4n) is 0.884. The summed E-state index contributed by atoms with van der Waals surface area (Å²) in [5.74, 6) is 5.93. The van der Waals surface area contributed by atoms with Crippen molar-refractivity contribution < 1.29 is 5.11 Å². The van der Waals surface area contributed by atoms with Crippen LogP contribution >= 0.6 is 0 Å². The molecule has 0 saturated heterocycles. The van der Waals surface area contributed by atoms with Crippen molar-refractivity contribution in [2.75, 3.05) is 0 Å². The van der Waals surface area contributed by atoms with Gasteiger partial charge in [0, 0.05) is 12.0 Å². The second-order valence-corrected chi connectivity index (χ2v) is 3.66. The Balaban J connectivity index is -0.000000375. The lowest BCUT2D eigenvalue weighted by atomic mass is 10.1. The van der Waals surface area contributed by atoms with Gasteiger partial charge in [-0.25, -0.2) is 0 Å². The predicted octanol–water partition coefficient (Wildman–Crippen LogP) is 5.28. The molecule has 1 heteroatoms. The third-order valence-electron chi connectivity index (χ3n) is 1.53. The Hall–Kier alpha value is -1.26. The molecule has 0 fully saturated rings. The second kappa shape index (κ2) is 16.7. The first kappa shape index (κ1) is 22.9. The smallest absolute Gasteiger partial charge is 0.0700 e. The van der Waals surface area contributed by atoms with E-state index in [1.807, 2.05) is 71.9 Å². The lowest BCUT2D eigenvalue weighted by Gasteiger charge is -2.11. The van der Waals surface area contributed by atoms with Crippen LogP contribution in [0, 0.1) is 11.8 Å². The molecule has 1 aromatic rings. The van der Waals surface area contributed by atoms with Crippen molar-refractivity contribution >= 4 is 0 Å². The van der Waals surface area contributed by atoms with Crippen LogP contribution in [0.4, 0.5) is 0 Å². The Bertz CT molecular complexity index is 309. The SMILES string of the molecule is CC.CC.CC.CC(C)(O)CC#Cc1ccccc1. The van der Waals surface area contributed by atoms with Gasteiger partial charge in [-0.1, -0.05) is 71.6 Å². The molecule has 19 heavy (non-hydrogen) atoms. The van der Waals surface area contributed by atoms with Crippen LogP contribution in [0.2, 0.25) is 0 Å². The Kier molecular flexibility index (Phi) is 20.2. The Morgan fingerprint density at radius 1 is 0.895 bits per heavy atom. The van der Waals surface area contributed by atoms with Gasteiger partial charge in [0.05, 0.1) is 5.60 Å². The van der Waals surface area contributed by atoms with E-state index in [2.05, 4.69) is 11.8 Å². The summed E-state index contributed by atoms with van der Waals surface area (Å²) < 4.78 is 0. The molecule has 1 nitrogen and oxygen atoms in total. The maximum Gasteiger partial charge on any atom is 0.0700 e. The largest absolute Gasteiger partial charge is 0.389 e. The summed E-state index contributed by atoms with van der Waals surface area (Å²) in [6, 6.07) is 9.78. The van der Waals surface area contributed by atoms with Crippen molar-refractivity contribution in [1.82, 2.24) is 0 Å². The molecule has 0 spiro atoms. The van der Waals surface area contributed by atoms with E-state index < -0.39 is 5.60 Å². The zero-order valence-electron chi connectivity index (χ0n) is 14.0. The molecule has 0 aliphatic heterocycles. The van der Waals surface area contributed by atoms with E-state index in [1.165, 1.54) is 0 Å². The minimum Gasteiger partial charge on any atom is -0.389 e. The summed E-state index contributed by atoms with van der Waals surface area (Å²) >= 11 is 0. The van der Waals surface area contributed by atoms with Gasteiger partial charge in [0.2, 0.25) is 0 Å². The molecule has 0 unspecified atom stereocenters. The highest BCUT2D eigenvalue weighted by Gasteiger charge is 2.08. The van der Waals surface area contributed by atoms with Crippen molar-refractivity contribution in [3.63, 3.8) is 0 Å². The molecule has 0 amide bonds. The van der Waals surface area contributed by atoms with Gasteiger partial charge < -0.3 is 5.11 Å². The van der Waals surface area contributed by atoms with Crippen LogP contribution in [-0.2, 0) is 0 Å². The number of aliphatic hydroxyl groups is 1. The van der Waals surface area contributed by atoms with E-state index in [4.69, 9.17) is 0 Å². The molecular formula is C18H32O. The molecule has 0 heterocycles. The molecule has 0 radical (unpaired) electrons. The molecule has 0 saturated carbocycles. The monoisotopic (exact) mass is 264 g/mol. The Morgan fingerprint density at radius 2 is 1.32 bits per heavy atom. The lowest BCUT2D eigenvalue weighted by Crippen LogP contribution is -2.16. The van der Waals surface area contributed by atoms with Crippen molar-refractivity contribution in [3.8, 4) is 11.8 Å². The summed E-state index contributed by atoms with van der Waals surface area (Å²) in [5.41, 5.74) is 0.300. The number of hydrogen-bond donors (Lipinski definition) is 1. The average molecular weight is 264 g/mol. The molecule has 0 aromatic heterocycles. The number of hydrogen-bond acceptors (Lipinski definition) is 1. The van der Waals surface area contributed by atoms with Crippen molar-refractivity contribution in [3.05, 3.63) is 35.9 Å². The zero-order chi connectivity index (χ0) is 15.7. The second-order valence-electron chi connectivity index (χ2n) is 3.66. The lowest BCUT2D eigenvalue weighted by molar-refractivity contribution is 0.0862. The molecule has 1 aromatic carbocycles. The standard InChI is InChI=1S/C12H14O.3C2H6/c1-12(2,13)10-6-9-11-7-4-3-5-8-11;3*1-2/h3-5,7-8,13H,10H2,1-2H3;3*1-2H3. The fraction of sp³-hybridized carbons (Fsp3) is 0.556. The summed E-state index contributed by atoms with van der Waals surface area (Å²) in [6.45, 7) is 15.5. The van der Waals surface area contributed by atoms with Crippen LogP contribution in [0.1, 0.15) is 67.4 Å². The molecule has 0 aliphatic rings. The van der Waals surface area contributed by atoms with Gasteiger partial charge in [-0.15, -0.1) is 0 Å². The van der Waals surface area contributed by atoms with Gasteiger partial charge in [0.15, 0.2) is 0 Å². The van der Waals surface area contributed by atoms with Crippen LogP contribution < -0.4 is 0 Å². The third-order valence-corrected chi connectivity index (χ3v) is 1.53. The predicted molar refractivity (Wildman–Crippen MR) is 88.3 cm³/mol. The Morgan fingerprint density at radius 3 is 1.68 bits per heavy atom. The minimum absolute atomic E-state index is 0.502. The van der Waals surface area contributed by atoms with E-state index in [9.17, 15) is 5.11 Å². The summed E-state index contributed by atoms with van der Waals surface area (Å²) in [6.07, 6.45) is 0.502. The van der Waals surface area contributed by atoms with Gasteiger partial charge in [-0.05, 0) is 26.0 Å². The molecule has 0 bridgehead atoms. The first-order valence-electron chi connectivity index (χ1n) is 7.34. The number of benzene rings is 1. The van der Waals surface area contributed by atoms with Crippen LogP contribution in [0.25, 0.3) is 0 Å². The van der Waals surface area contributed by atoms with Crippen molar-refractivity contribution in [2.45, 2.75) is 67.4 Å². The van der Waals surface area contributed by atoms with Crippen molar-refractivity contribution in [1.29, 1.82) is 0 Å². The molecule has 0 aliphatic carbocycles. The molecule has 0 atom stereocenters. The van der Waals surface area contributed by atoms with Crippen LogP contribution in [0.5, 0.6) is 0 Å². The maximum absolute atomic E-state index is 9.39. The fourth-order valence-corrected chi connectivity index (χ4v) is 0.884. The summed E-state index contributed by atoms with van der Waals surface area (Å²) in [4.78, 5) is 0.